The summed E-state index contributed by atoms with van der Waals surface area (Å²) in [7, 11) is 0. The molecule has 0 saturated heterocycles. The molecule has 2 aromatic rings. The fourth-order valence-electron chi connectivity index (χ4n) is 1.45. The Hall–Kier alpha value is -2.50. The normalized spacial score (nSPS) is 10.2. The molecule has 0 radical (unpaired) electrons. The number of halogens is 3. The van der Waals surface area contributed by atoms with Crippen molar-refractivity contribution < 1.29 is 22.7 Å². The summed E-state index contributed by atoms with van der Waals surface area (Å²) in [5.41, 5.74) is 0.408. The molecule has 0 aliphatic carbocycles. The number of carbonyl (C=O) groups excluding carboxylic acids is 1. The Morgan fingerprint density at radius 3 is 2.35 bits per heavy atom. The highest BCUT2D eigenvalue weighted by atomic mass is 19.2. The maximum atomic E-state index is 12.9. The number of benzene rings is 2. The first kappa shape index (κ1) is 13.9. The predicted octanol–water partition coefficient (Wildman–Crippen LogP) is 3.12. The van der Waals surface area contributed by atoms with Gasteiger partial charge in [0.15, 0.2) is 18.2 Å². The molecule has 104 valence electrons. The van der Waals surface area contributed by atoms with Gasteiger partial charge in [0, 0.05) is 11.8 Å². The third-order valence-electron chi connectivity index (χ3n) is 2.39. The quantitative estimate of drug-likeness (QED) is 0.935. The van der Waals surface area contributed by atoms with Crippen molar-refractivity contribution in [2.24, 2.45) is 0 Å². The summed E-state index contributed by atoms with van der Waals surface area (Å²) in [6.07, 6.45) is 0. The molecule has 0 heterocycles. The van der Waals surface area contributed by atoms with Gasteiger partial charge in [0.25, 0.3) is 5.91 Å². The van der Waals surface area contributed by atoms with Crippen molar-refractivity contribution in [2.75, 3.05) is 11.9 Å². The molecule has 0 bridgehead atoms. The second-order valence-electron chi connectivity index (χ2n) is 3.92. The molecule has 2 aromatic carbocycles. The van der Waals surface area contributed by atoms with E-state index >= 15 is 0 Å². The van der Waals surface area contributed by atoms with E-state index < -0.39 is 23.4 Å². The first-order valence-electron chi connectivity index (χ1n) is 5.68. The summed E-state index contributed by atoms with van der Waals surface area (Å²) in [5.74, 6) is -2.92. The Morgan fingerprint density at radius 2 is 1.70 bits per heavy atom. The zero-order chi connectivity index (χ0) is 14.5. The second-order valence-corrected chi connectivity index (χ2v) is 3.92. The maximum Gasteiger partial charge on any atom is 0.262 e. The van der Waals surface area contributed by atoms with Crippen molar-refractivity contribution in [3.05, 3.63) is 59.9 Å². The molecule has 2 rings (SSSR count). The largest absolute Gasteiger partial charge is 0.484 e. The fraction of sp³-hybridized carbons (Fsp3) is 0.0714. The zero-order valence-corrected chi connectivity index (χ0v) is 10.2. The van der Waals surface area contributed by atoms with Gasteiger partial charge in [-0.1, -0.05) is 0 Å². The average molecular weight is 281 g/mol. The van der Waals surface area contributed by atoms with Crippen LogP contribution in [0.5, 0.6) is 5.75 Å². The molecular formula is C14H10F3NO2. The zero-order valence-electron chi connectivity index (χ0n) is 10.2. The van der Waals surface area contributed by atoms with Crippen molar-refractivity contribution in [2.45, 2.75) is 0 Å². The van der Waals surface area contributed by atoms with E-state index in [0.717, 1.165) is 12.1 Å². The van der Waals surface area contributed by atoms with Crippen LogP contribution in [0.1, 0.15) is 0 Å². The van der Waals surface area contributed by atoms with Gasteiger partial charge >= 0.3 is 0 Å². The molecule has 0 aliphatic heterocycles. The Morgan fingerprint density at radius 1 is 1.00 bits per heavy atom. The van der Waals surface area contributed by atoms with Crippen molar-refractivity contribution >= 4 is 11.6 Å². The summed E-state index contributed by atoms with van der Waals surface area (Å²) in [6.45, 7) is -0.373. The van der Waals surface area contributed by atoms with E-state index in [4.69, 9.17) is 4.74 Å². The van der Waals surface area contributed by atoms with E-state index in [1.165, 1.54) is 30.3 Å². The summed E-state index contributed by atoms with van der Waals surface area (Å²) < 4.78 is 43.2. The monoisotopic (exact) mass is 281 g/mol. The number of amides is 1. The van der Waals surface area contributed by atoms with Crippen LogP contribution in [0.3, 0.4) is 0 Å². The molecule has 0 fully saturated rings. The lowest BCUT2D eigenvalue weighted by molar-refractivity contribution is -0.118. The van der Waals surface area contributed by atoms with E-state index in [9.17, 15) is 18.0 Å². The van der Waals surface area contributed by atoms with Gasteiger partial charge in [-0.05, 0) is 36.4 Å². The Bertz CT molecular complexity index is 614. The molecule has 20 heavy (non-hydrogen) atoms. The van der Waals surface area contributed by atoms with Crippen LogP contribution < -0.4 is 10.1 Å². The number of nitrogens with one attached hydrogen (secondary N) is 1. The highest BCUT2D eigenvalue weighted by Gasteiger charge is 2.06. The van der Waals surface area contributed by atoms with Gasteiger partial charge in [-0.2, -0.15) is 0 Å². The Balaban J connectivity index is 1.88. The van der Waals surface area contributed by atoms with E-state index in [2.05, 4.69) is 5.32 Å². The molecule has 6 heteroatoms. The van der Waals surface area contributed by atoms with Crippen LogP contribution in [0, 0.1) is 17.5 Å². The van der Waals surface area contributed by atoms with Crippen LogP contribution in [0.15, 0.2) is 42.5 Å². The van der Waals surface area contributed by atoms with Crippen LogP contribution in [-0.2, 0) is 4.79 Å². The highest BCUT2D eigenvalue weighted by Crippen LogP contribution is 2.15. The molecule has 0 aliphatic rings. The van der Waals surface area contributed by atoms with E-state index in [-0.39, 0.29) is 12.4 Å². The van der Waals surface area contributed by atoms with Crippen LogP contribution in [0.2, 0.25) is 0 Å². The minimum absolute atomic E-state index is 0.0400. The van der Waals surface area contributed by atoms with Crippen molar-refractivity contribution in [3.63, 3.8) is 0 Å². The van der Waals surface area contributed by atoms with Crippen molar-refractivity contribution in [1.82, 2.24) is 0 Å². The van der Waals surface area contributed by atoms with Gasteiger partial charge in [-0.3, -0.25) is 4.79 Å². The van der Waals surface area contributed by atoms with Crippen molar-refractivity contribution in [1.29, 1.82) is 0 Å². The predicted molar refractivity (Wildman–Crippen MR) is 66.9 cm³/mol. The van der Waals surface area contributed by atoms with E-state index in [1.807, 2.05) is 0 Å². The fourth-order valence-corrected chi connectivity index (χ4v) is 1.45. The number of hydrogen-bond donors (Lipinski definition) is 1. The van der Waals surface area contributed by atoms with Crippen LogP contribution in [-0.4, -0.2) is 12.5 Å². The lowest BCUT2D eigenvalue weighted by atomic mass is 10.3. The summed E-state index contributed by atoms with van der Waals surface area (Å²) in [5, 5.41) is 2.47. The summed E-state index contributed by atoms with van der Waals surface area (Å²) >= 11 is 0. The summed E-state index contributed by atoms with van der Waals surface area (Å²) in [4.78, 5) is 11.5. The first-order valence-corrected chi connectivity index (χ1v) is 5.68. The molecular weight excluding hydrogens is 271 g/mol. The van der Waals surface area contributed by atoms with Gasteiger partial charge in [0.05, 0.1) is 0 Å². The SMILES string of the molecule is O=C(COc1ccc(F)c(F)c1)Nc1ccc(F)cc1. The number of ether oxygens (including phenoxy) is 1. The van der Waals surface area contributed by atoms with Crippen LogP contribution in [0.25, 0.3) is 0 Å². The molecule has 1 amide bonds. The first-order chi connectivity index (χ1) is 9.54. The highest BCUT2D eigenvalue weighted by molar-refractivity contribution is 5.91. The third kappa shape index (κ3) is 3.74. The molecule has 1 N–H and O–H groups in total. The molecule has 0 atom stereocenters. The van der Waals surface area contributed by atoms with Crippen molar-refractivity contribution in [3.8, 4) is 5.75 Å². The van der Waals surface area contributed by atoms with Gasteiger partial charge in [-0.25, -0.2) is 13.2 Å². The average Bonchev–Trinajstić information content (AvgIpc) is 2.43. The molecule has 0 spiro atoms. The lowest BCUT2D eigenvalue weighted by Gasteiger charge is -2.07. The van der Waals surface area contributed by atoms with Crippen LogP contribution >= 0.6 is 0 Å². The number of anilines is 1. The molecule has 0 aromatic heterocycles. The Labute approximate surface area is 113 Å². The molecule has 0 unspecified atom stereocenters. The van der Waals surface area contributed by atoms with Crippen LogP contribution in [0.4, 0.5) is 18.9 Å². The molecule has 0 saturated carbocycles. The van der Waals surface area contributed by atoms with Gasteiger partial charge in [0.1, 0.15) is 11.6 Å². The van der Waals surface area contributed by atoms with Gasteiger partial charge < -0.3 is 10.1 Å². The number of carbonyl (C=O) groups is 1. The number of hydrogen-bond acceptors (Lipinski definition) is 2. The van der Waals surface area contributed by atoms with E-state index in [1.54, 1.807) is 0 Å². The Kier molecular flexibility index (Phi) is 4.24. The van der Waals surface area contributed by atoms with E-state index in [0.29, 0.717) is 5.69 Å². The summed E-state index contributed by atoms with van der Waals surface area (Å²) in [6, 6.07) is 8.15. The minimum atomic E-state index is -1.05. The third-order valence-corrected chi connectivity index (χ3v) is 2.39. The maximum absolute atomic E-state index is 12.9. The smallest absolute Gasteiger partial charge is 0.262 e. The second kappa shape index (κ2) is 6.10. The topological polar surface area (TPSA) is 38.3 Å². The number of rotatable bonds is 4. The molecule has 3 nitrogen and oxygen atoms in total. The van der Waals surface area contributed by atoms with Gasteiger partial charge in [0.2, 0.25) is 0 Å². The minimum Gasteiger partial charge on any atom is -0.484 e. The lowest BCUT2D eigenvalue weighted by Crippen LogP contribution is -2.20. The standard InChI is InChI=1S/C14H10F3NO2/c15-9-1-3-10(4-2-9)18-14(19)8-20-11-5-6-12(16)13(17)7-11/h1-7H,8H2,(H,18,19). The van der Waals surface area contributed by atoms with Gasteiger partial charge in [-0.15, -0.1) is 0 Å².